The third kappa shape index (κ3) is 1.98. The molecule has 0 unspecified atom stereocenters. The van der Waals surface area contributed by atoms with Crippen LogP contribution in [-0.4, -0.2) is 31.5 Å². The fourth-order valence-corrected chi connectivity index (χ4v) is 2.49. The van der Waals surface area contributed by atoms with E-state index in [9.17, 15) is 0 Å². The van der Waals surface area contributed by atoms with Gasteiger partial charge in [0, 0.05) is 13.2 Å². The number of hydrogen-bond donors (Lipinski definition) is 1. The second-order valence-electron chi connectivity index (χ2n) is 4.47. The Labute approximate surface area is 95.8 Å². The maximum Gasteiger partial charge on any atom is 0.101 e. The number of rotatable bonds is 3. The molecule has 0 bridgehead atoms. The monoisotopic (exact) mass is 219 g/mol. The molecule has 3 nitrogen and oxygen atoms in total. The molecule has 0 aliphatic carbocycles. The molecule has 3 atom stereocenters. The first kappa shape index (κ1) is 10.3. The van der Waals surface area contributed by atoms with Crippen molar-refractivity contribution in [3.8, 4) is 0 Å². The Balaban J connectivity index is 1.56. The molecule has 1 N–H and O–H groups in total. The molecule has 0 aromatic heterocycles. The molecule has 1 aromatic rings. The molecule has 86 valence electrons. The quantitative estimate of drug-likeness (QED) is 0.832. The van der Waals surface area contributed by atoms with Crippen LogP contribution in [0.2, 0.25) is 0 Å². The topological polar surface area (TPSA) is 30.5 Å². The summed E-state index contributed by atoms with van der Waals surface area (Å²) in [5, 5.41) is 3.52. The highest BCUT2D eigenvalue weighted by molar-refractivity contribution is 5.14. The predicted molar refractivity (Wildman–Crippen MR) is 61.2 cm³/mol. The Morgan fingerprint density at radius 3 is 2.94 bits per heavy atom. The van der Waals surface area contributed by atoms with Gasteiger partial charge in [0.05, 0.1) is 18.8 Å². The van der Waals surface area contributed by atoms with Gasteiger partial charge in [-0.1, -0.05) is 30.3 Å². The fraction of sp³-hybridized carbons (Fsp3) is 0.538. The number of hydrogen-bond acceptors (Lipinski definition) is 3. The van der Waals surface area contributed by atoms with E-state index in [0.717, 1.165) is 26.2 Å². The van der Waals surface area contributed by atoms with E-state index < -0.39 is 0 Å². The van der Waals surface area contributed by atoms with E-state index in [0.29, 0.717) is 12.1 Å². The molecule has 0 saturated carbocycles. The Kier molecular flexibility index (Phi) is 2.91. The molecule has 2 heterocycles. The SMILES string of the molecule is c1ccc(CN[C@H]2CO[C@@H]3CCO[C@H]23)cc1. The molecule has 0 radical (unpaired) electrons. The van der Waals surface area contributed by atoms with Crippen molar-refractivity contribution in [1.82, 2.24) is 5.32 Å². The number of fused-ring (bicyclic) bond motifs is 1. The number of nitrogens with one attached hydrogen (secondary N) is 1. The number of ether oxygens (including phenoxy) is 2. The van der Waals surface area contributed by atoms with E-state index in [1.807, 2.05) is 6.07 Å². The van der Waals surface area contributed by atoms with Gasteiger partial charge in [0.25, 0.3) is 0 Å². The van der Waals surface area contributed by atoms with Gasteiger partial charge in [-0.05, 0) is 12.0 Å². The maximum absolute atomic E-state index is 5.69. The normalized spacial score (nSPS) is 32.9. The summed E-state index contributed by atoms with van der Waals surface area (Å²) in [5.74, 6) is 0. The standard InChI is InChI=1S/C13H17NO2/c1-2-4-10(5-3-1)8-14-11-9-16-12-6-7-15-13(11)12/h1-5,11-14H,6-9H2/t11-,12+,13+/m0/s1. The average molecular weight is 219 g/mol. The van der Waals surface area contributed by atoms with Crippen LogP contribution in [0, 0.1) is 0 Å². The zero-order valence-corrected chi connectivity index (χ0v) is 9.26. The first-order valence-electron chi connectivity index (χ1n) is 5.94. The third-order valence-corrected chi connectivity index (χ3v) is 3.38. The minimum atomic E-state index is 0.267. The summed E-state index contributed by atoms with van der Waals surface area (Å²) in [6.07, 6.45) is 1.64. The van der Waals surface area contributed by atoms with Gasteiger partial charge in [0.15, 0.2) is 0 Å². The fourth-order valence-electron chi connectivity index (χ4n) is 2.49. The molecular formula is C13H17NO2. The van der Waals surface area contributed by atoms with Crippen molar-refractivity contribution in [1.29, 1.82) is 0 Å². The molecule has 3 rings (SSSR count). The maximum atomic E-state index is 5.69. The Morgan fingerprint density at radius 1 is 1.19 bits per heavy atom. The van der Waals surface area contributed by atoms with Crippen LogP contribution in [0.15, 0.2) is 30.3 Å². The molecule has 2 aliphatic rings. The van der Waals surface area contributed by atoms with E-state index in [1.165, 1.54) is 5.56 Å². The molecule has 16 heavy (non-hydrogen) atoms. The lowest BCUT2D eigenvalue weighted by Crippen LogP contribution is -2.39. The van der Waals surface area contributed by atoms with Gasteiger partial charge in [-0.2, -0.15) is 0 Å². The minimum absolute atomic E-state index is 0.267. The largest absolute Gasteiger partial charge is 0.374 e. The highest BCUT2D eigenvalue weighted by Gasteiger charge is 2.41. The lowest BCUT2D eigenvalue weighted by Gasteiger charge is -2.17. The van der Waals surface area contributed by atoms with Gasteiger partial charge in [-0.15, -0.1) is 0 Å². The highest BCUT2D eigenvalue weighted by atomic mass is 16.6. The minimum Gasteiger partial charge on any atom is -0.374 e. The first-order chi connectivity index (χ1) is 7.93. The van der Waals surface area contributed by atoms with E-state index in [-0.39, 0.29) is 6.10 Å². The Morgan fingerprint density at radius 2 is 2.06 bits per heavy atom. The first-order valence-corrected chi connectivity index (χ1v) is 5.94. The summed E-state index contributed by atoms with van der Waals surface area (Å²) in [4.78, 5) is 0. The van der Waals surface area contributed by atoms with Crippen LogP contribution in [0.5, 0.6) is 0 Å². The van der Waals surface area contributed by atoms with Gasteiger partial charge in [-0.25, -0.2) is 0 Å². The zero-order valence-electron chi connectivity index (χ0n) is 9.26. The van der Waals surface area contributed by atoms with Gasteiger partial charge in [-0.3, -0.25) is 0 Å². The molecule has 0 amide bonds. The summed E-state index contributed by atoms with van der Waals surface area (Å²) in [6, 6.07) is 10.8. The average Bonchev–Trinajstić information content (AvgIpc) is 2.90. The van der Waals surface area contributed by atoms with Crippen molar-refractivity contribution >= 4 is 0 Å². The predicted octanol–water partition coefficient (Wildman–Crippen LogP) is 1.33. The summed E-state index contributed by atoms with van der Waals surface area (Å²) in [5.41, 5.74) is 1.31. The summed E-state index contributed by atoms with van der Waals surface area (Å²) in [7, 11) is 0. The summed E-state index contributed by atoms with van der Waals surface area (Å²) >= 11 is 0. The smallest absolute Gasteiger partial charge is 0.101 e. The molecule has 2 aliphatic heterocycles. The van der Waals surface area contributed by atoms with Crippen molar-refractivity contribution in [3.05, 3.63) is 35.9 Å². The van der Waals surface area contributed by atoms with Crippen LogP contribution >= 0.6 is 0 Å². The Bertz CT molecular complexity index is 341. The van der Waals surface area contributed by atoms with Crippen LogP contribution in [0.1, 0.15) is 12.0 Å². The zero-order chi connectivity index (χ0) is 10.8. The van der Waals surface area contributed by atoms with Crippen LogP contribution < -0.4 is 5.32 Å². The van der Waals surface area contributed by atoms with Crippen molar-refractivity contribution in [3.63, 3.8) is 0 Å². The second-order valence-corrected chi connectivity index (χ2v) is 4.47. The second kappa shape index (κ2) is 4.53. The molecule has 2 saturated heterocycles. The summed E-state index contributed by atoms with van der Waals surface area (Å²) in [6.45, 7) is 2.52. The van der Waals surface area contributed by atoms with Gasteiger partial charge < -0.3 is 14.8 Å². The van der Waals surface area contributed by atoms with Gasteiger partial charge in [0.2, 0.25) is 0 Å². The van der Waals surface area contributed by atoms with E-state index in [2.05, 4.69) is 29.6 Å². The molecule has 2 fully saturated rings. The summed E-state index contributed by atoms with van der Waals surface area (Å²) < 4.78 is 11.4. The van der Waals surface area contributed by atoms with Gasteiger partial charge >= 0.3 is 0 Å². The van der Waals surface area contributed by atoms with Crippen molar-refractivity contribution in [2.75, 3.05) is 13.2 Å². The highest BCUT2D eigenvalue weighted by Crippen LogP contribution is 2.26. The van der Waals surface area contributed by atoms with Crippen LogP contribution in [0.3, 0.4) is 0 Å². The molecule has 0 spiro atoms. The van der Waals surface area contributed by atoms with Crippen LogP contribution in [0.4, 0.5) is 0 Å². The van der Waals surface area contributed by atoms with Crippen LogP contribution in [-0.2, 0) is 16.0 Å². The number of benzene rings is 1. The lowest BCUT2D eigenvalue weighted by molar-refractivity contribution is 0.0682. The molecule has 1 aromatic carbocycles. The van der Waals surface area contributed by atoms with E-state index in [1.54, 1.807) is 0 Å². The lowest BCUT2D eigenvalue weighted by atomic mass is 10.1. The van der Waals surface area contributed by atoms with Crippen LogP contribution in [0.25, 0.3) is 0 Å². The molecular weight excluding hydrogens is 202 g/mol. The molecule has 3 heteroatoms. The van der Waals surface area contributed by atoms with Gasteiger partial charge in [0.1, 0.15) is 6.10 Å². The van der Waals surface area contributed by atoms with E-state index >= 15 is 0 Å². The third-order valence-electron chi connectivity index (χ3n) is 3.38. The Hall–Kier alpha value is -0.900. The van der Waals surface area contributed by atoms with Crippen molar-refractivity contribution in [2.24, 2.45) is 0 Å². The van der Waals surface area contributed by atoms with E-state index in [4.69, 9.17) is 9.47 Å². The van der Waals surface area contributed by atoms with Crippen molar-refractivity contribution < 1.29 is 9.47 Å². The van der Waals surface area contributed by atoms with Crippen molar-refractivity contribution in [2.45, 2.75) is 31.2 Å².